The first-order valence-corrected chi connectivity index (χ1v) is 9.91. The maximum Gasteiger partial charge on any atom is 0.304 e. The lowest BCUT2D eigenvalue weighted by molar-refractivity contribution is -0.137. The molecule has 1 aliphatic rings. The fourth-order valence-electron chi connectivity index (χ4n) is 2.96. The van der Waals surface area contributed by atoms with Crippen molar-refractivity contribution in [3.8, 4) is 0 Å². The highest BCUT2D eigenvalue weighted by molar-refractivity contribution is 7.91. The summed E-state index contributed by atoms with van der Waals surface area (Å²) in [6.07, 6.45) is -0.0907. The molecule has 3 rings (SSSR count). The fraction of sp³-hybridized carbons (Fsp3) is 0.316. The van der Waals surface area contributed by atoms with E-state index in [0.717, 1.165) is 5.56 Å². The topological polar surface area (TPSA) is 83.9 Å². The quantitative estimate of drug-likeness (QED) is 0.834. The van der Waals surface area contributed by atoms with E-state index in [1.54, 1.807) is 54.6 Å². The Morgan fingerprint density at radius 1 is 1.08 bits per heavy atom. The van der Waals surface area contributed by atoms with Crippen LogP contribution in [0.3, 0.4) is 0 Å². The second-order valence-electron chi connectivity index (χ2n) is 6.19. The van der Waals surface area contributed by atoms with Crippen LogP contribution in [0.15, 0.2) is 64.4 Å². The zero-order valence-corrected chi connectivity index (χ0v) is 15.1. The van der Waals surface area contributed by atoms with Crippen LogP contribution in [-0.4, -0.2) is 50.6 Å². The third kappa shape index (κ3) is 4.30. The highest BCUT2D eigenvalue weighted by Crippen LogP contribution is 2.26. The third-order valence-electron chi connectivity index (χ3n) is 4.41. The lowest BCUT2D eigenvalue weighted by atomic mass is 10.1. The normalized spacial score (nSPS) is 18.5. The molecule has 1 aliphatic heterocycles. The first-order chi connectivity index (χ1) is 12.5. The van der Waals surface area contributed by atoms with Gasteiger partial charge in [-0.1, -0.05) is 30.3 Å². The van der Waals surface area contributed by atoms with Crippen LogP contribution in [-0.2, 0) is 19.4 Å². The van der Waals surface area contributed by atoms with Crippen molar-refractivity contribution >= 4 is 15.8 Å². The standard InChI is InChI=1S/C19H21NO5S/c21-19(22)10-11-20-12-13-25-18(14-20)15-6-8-17(9-7-15)26(23,24)16-4-2-1-3-5-16/h1-9,18H,10-14H2,(H,21,22). The maximum atomic E-state index is 12.6. The molecule has 2 aromatic rings. The fourth-order valence-corrected chi connectivity index (χ4v) is 4.24. The smallest absolute Gasteiger partial charge is 0.304 e. The number of carboxylic acid groups (broad SMARTS) is 1. The second kappa shape index (κ2) is 7.99. The molecule has 0 aromatic heterocycles. The first-order valence-electron chi connectivity index (χ1n) is 8.42. The molecule has 2 aromatic carbocycles. The average Bonchev–Trinajstić information content (AvgIpc) is 2.67. The SMILES string of the molecule is O=C(O)CCN1CCOC(c2ccc(S(=O)(=O)c3ccccc3)cc2)C1. The minimum Gasteiger partial charge on any atom is -0.481 e. The molecule has 7 heteroatoms. The van der Waals surface area contributed by atoms with Crippen molar-refractivity contribution in [3.63, 3.8) is 0 Å². The first kappa shape index (κ1) is 18.6. The zero-order valence-electron chi connectivity index (χ0n) is 14.2. The summed E-state index contributed by atoms with van der Waals surface area (Å²) >= 11 is 0. The summed E-state index contributed by atoms with van der Waals surface area (Å²) in [5, 5.41) is 8.81. The van der Waals surface area contributed by atoms with Gasteiger partial charge in [-0.25, -0.2) is 8.42 Å². The van der Waals surface area contributed by atoms with Gasteiger partial charge in [0.1, 0.15) is 0 Å². The van der Waals surface area contributed by atoms with Gasteiger partial charge in [-0.15, -0.1) is 0 Å². The van der Waals surface area contributed by atoms with Crippen LogP contribution in [0.4, 0.5) is 0 Å². The number of ether oxygens (including phenoxy) is 1. The minimum absolute atomic E-state index is 0.0982. The number of hydrogen-bond donors (Lipinski definition) is 1. The van der Waals surface area contributed by atoms with E-state index in [0.29, 0.717) is 26.2 Å². The van der Waals surface area contributed by atoms with Crippen LogP contribution in [0.1, 0.15) is 18.1 Å². The van der Waals surface area contributed by atoms with E-state index >= 15 is 0 Å². The van der Waals surface area contributed by atoms with Gasteiger partial charge >= 0.3 is 5.97 Å². The van der Waals surface area contributed by atoms with Gasteiger partial charge in [0.15, 0.2) is 0 Å². The molecule has 1 saturated heterocycles. The van der Waals surface area contributed by atoms with Gasteiger partial charge in [-0.3, -0.25) is 9.69 Å². The summed E-state index contributed by atoms with van der Waals surface area (Å²) in [5.74, 6) is -0.816. The molecule has 1 N–H and O–H groups in total. The second-order valence-corrected chi connectivity index (χ2v) is 8.14. The molecule has 138 valence electrons. The van der Waals surface area contributed by atoms with E-state index in [1.165, 1.54) is 0 Å². The van der Waals surface area contributed by atoms with Crippen LogP contribution in [0.25, 0.3) is 0 Å². The maximum absolute atomic E-state index is 12.6. The van der Waals surface area contributed by atoms with Crippen LogP contribution < -0.4 is 0 Å². The molecule has 0 amide bonds. The zero-order chi connectivity index (χ0) is 18.6. The number of carboxylic acids is 1. The predicted octanol–water partition coefficient (Wildman–Crippen LogP) is 2.37. The van der Waals surface area contributed by atoms with Gasteiger partial charge in [0, 0.05) is 19.6 Å². The number of aliphatic carboxylic acids is 1. The molecular weight excluding hydrogens is 354 g/mol. The Labute approximate surface area is 152 Å². The molecule has 6 nitrogen and oxygen atoms in total. The summed E-state index contributed by atoms with van der Waals surface area (Å²) < 4.78 is 31.0. The van der Waals surface area contributed by atoms with E-state index in [2.05, 4.69) is 4.90 Å². The predicted molar refractivity (Wildman–Crippen MR) is 95.7 cm³/mol. The van der Waals surface area contributed by atoms with Crippen molar-refractivity contribution in [1.29, 1.82) is 0 Å². The Balaban J connectivity index is 1.72. The van der Waals surface area contributed by atoms with Crippen molar-refractivity contribution in [1.82, 2.24) is 4.90 Å². The van der Waals surface area contributed by atoms with Gasteiger partial charge in [0.25, 0.3) is 0 Å². The molecule has 1 atom stereocenters. The van der Waals surface area contributed by atoms with Crippen molar-refractivity contribution in [2.75, 3.05) is 26.2 Å². The van der Waals surface area contributed by atoms with Crippen LogP contribution in [0, 0.1) is 0 Å². The Kier molecular flexibility index (Phi) is 5.70. The Morgan fingerprint density at radius 2 is 1.73 bits per heavy atom. The molecule has 0 saturated carbocycles. The van der Waals surface area contributed by atoms with Gasteiger partial charge in [-0.2, -0.15) is 0 Å². The van der Waals surface area contributed by atoms with Crippen LogP contribution in [0.5, 0.6) is 0 Å². The molecule has 0 bridgehead atoms. The Bertz CT molecular complexity index is 849. The van der Waals surface area contributed by atoms with Gasteiger partial charge in [-0.05, 0) is 29.8 Å². The number of hydrogen-bond acceptors (Lipinski definition) is 5. The molecule has 26 heavy (non-hydrogen) atoms. The number of morpholine rings is 1. The van der Waals surface area contributed by atoms with Gasteiger partial charge in [0.05, 0.1) is 28.9 Å². The summed E-state index contributed by atoms with van der Waals surface area (Å²) in [6, 6.07) is 15.0. The minimum atomic E-state index is -3.53. The summed E-state index contributed by atoms with van der Waals surface area (Å²) in [5.41, 5.74) is 0.886. The summed E-state index contributed by atoms with van der Waals surface area (Å²) in [4.78, 5) is 13.3. The van der Waals surface area contributed by atoms with Crippen molar-refractivity contribution in [3.05, 3.63) is 60.2 Å². The average molecular weight is 375 g/mol. The van der Waals surface area contributed by atoms with Crippen molar-refractivity contribution in [2.45, 2.75) is 22.3 Å². The van der Waals surface area contributed by atoms with E-state index in [4.69, 9.17) is 9.84 Å². The largest absolute Gasteiger partial charge is 0.481 e. The number of rotatable bonds is 6. The monoisotopic (exact) mass is 375 g/mol. The summed E-state index contributed by atoms with van der Waals surface area (Å²) in [6.45, 7) is 2.30. The lowest BCUT2D eigenvalue weighted by Crippen LogP contribution is -2.39. The molecule has 0 aliphatic carbocycles. The number of benzene rings is 2. The third-order valence-corrected chi connectivity index (χ3v) is 6.19. The van der Waals surface area contributed by atoms with Gasteiger partial charge < -0.3 is 9.84 Å². The molecule has 1 fully saturated rings. The Morgan fingerprint density at radius 3 is 2.38 bits per heavy atom. The molecule has 0 radical (unpaired) electrons. The van der Waals surface area contributed by atoms with Crippen molar-refractivity contribution in [2.24, 2.45) is 0 Å². The molecule has 1 unspecified atom stereocenters. The molecular formula is C19H21NO5S. The number of nitrogens with zero attached hydrogens (tertiary/aromatic N) is 1. The number of sulfone groups is 1. The van der Waals surface area contributed by atoms with Crippen LogP contribution >= 0.6 is 0 Å². The number of carbonyl (C=O) groups is 1. The van der Waals surface area contributed by atoms with Crippen LogP contribution in [0.2, 0.25) is 0 Å². The van der Waals surface area contributed by atoms with Gasteiger partial charge in [0.2, 0.25) is 9.84 Å². The molecule has 1 heterocycles. The van der Waals surface area contributed by atoms with E-state index in [-0.39, 0.29) is 22.3 Å². The highest BCUT2D eigenvalue weighted by Gasteiger charge is 2.23. The van der Waals surface area contributed by atoms with E-state index in [9.17, 15) is 13.2 Å². The molecule has 0 spiro atoms. The highest BCUT2D eigenvalue weighted by atomic mass is 32.2. The Hall–Kier alpha value is -2.22. The lowest BCUT2D eigenvalue weighted by Gasteiger charge is -2.32. The van der Waals surface area contributed by atoms with Crippen molar-refractivity contribution < 1.29 is 23.1 Å². The summed E-state index contributed by atoms with van der Waals surface area (Å²) in [7, 11) is -3.53. The van der Waals surface area contributed by atoms with E-state index in [1.807, 2.05) is 0 Å². The van der Waals surface area contributed by atoms with E-state index < -0.39 is 15.8 Å².